The van der Waals surface area contributed by atoms with E-state index in [1.54, 1.807) is 25.6 Å². The molecule has 0 saturated heterocycles. The molecule has 0 aliphatic heterocycles. The first-order valence-electron chi connectivity index (χ1n) is 8.06. The number of amides is 1. The molecule has 0 atom stereocenters. The number of rotatable bonds is 6. The number of carbonyl (C=O) groups is 1. The van der Waals surface area contributed by atoms with E-state index in [4.69, 9.17) is 4.74 Å². The maximum absolute atomic E-state index is 12.3. The highest BCUT2D eigenvalue weighted by atomic mass is 16.5. The fraction of sp³-hybridized carbons (Fsp3) is 0.158. The van der Waals surface area contributed by atoms with E-state index < -0.39 is 0 Å². The normalized spacial score (nSPS) is 10.2. The number of hydrogen-bond donors (Lipinski definition) is 2. The monoisotopic (exact) mass is 349 g/mol. The molecule has 0 aliphatic rings. The summed E-state index contributed by atoms with van der Waals surface area (Å²) in [5, 5.41) is 6.00. The Hall–Kier alpha value is -3.48. The quantitative estimate of drug-likeness (QED) is 0.711. The lowest BCUT2D eigenvalue weighted by molar-refractivity contribution is 0.0946. The van der Waals surface area contributed by atoms with Crippen molar-refractivity contribution < 1.29 is 9.53 Å². The molecule has 0 saturated carbocycles. The molecule has 0 bridgehead atoms. The Morgan fingerprint density at radius 1 is 1.12 bits per heavy atom. The van der Waals surface area contributed by atoms with Gasteiger partial charge in [-0.15, -0.1) is 0 Å². The van der Waals surface area contributed by atoms with E-state index in [2.05, 4.69) is 25.6 Å². The van der Waals surface area contributed by atoms with Gasteiger partial charge in [0.2, 0.25) is 0 Å². The van der Waals surface area contributed by atoms with Gasteiger partial charge in [-0.3, -0.25) is 9.78 Å². The predicted molar refractivity (Wildman–Crippen MR) is 98.5 cm³/mol. The number of pyridine rings is 1. The first kappa shape index (κ1) is 17.3. The first-order valence-corrected chi connectivity index (χ1v) is 8.06. The van der Waals surface area contributed by atoms with Crippen molar-refractivity contribution in [1.82, 2.24) is 20.3 Å². The van der Waals surface area contributed by atoms with Gasteiger partial charge in [0.05, 0.1) is 12.8 Å². The zero-order chi connectivity index (χ0) is 18.4. The lowest BCUT2D eigenvalue weighted by atomic mass is 10.2. The smallest absolute Gasteiger partial charge is 0.270 e. The Labute approximate surface area is 151 Å². The van der Waals surface area contributed by atoms with Gasteiger partial charge in [0.1, 0.15) is 23.6 Å². The van der Waals surface area contributed by atoms with Crippen molar-refractivity contribution in [2.45, 2.75) is 13.5 Å². The number of aromatic nitrogens is 3. The summed E-state index contributed by atoms with van der Waals surface area (Å²) in [6.45, 7) is 2.39. The molecule has 2 aromatic heterocycles. The van der Waals surface area contributed by atoms with Gasteiger partial charge in [-0.25, -0.2) is 9.97 Å². The topological polar surface area (TPSA) is 89.0 Å². The van der Waals surface area contributed by atoms with E-state index in [-0.39, 0.29) is 11.6 Å². The molecule has 1 aromatic carbocycles. The molecular weight excluding hydrogens is 330 g/mol. The third-order valence-corrected chi connectivity index (χ3v) is 3.72. The van der Waals surface area contributed by atoms with Crippen LogP contribution in [0.2, 0.25) is 0 Å². The van der Waals surface area contributed by atoms with Crippen molar-refractivity contribution >= 4 is 17.4 Å². The van der Waals surface area contributed by atoms with Crippen LogP contribution in [-0.2, 0) is 6.54 Å². The van der Waals surface area contributed by atoms with E-state index >= 15 is 0 Å². The van der Waals surface area contributed by atoms with Crippen molar-refractivity contribution in [3.63, 3.8) is 0 Å². The molecule has 2 N–H and O–H groups in total. The van der Waals surface area contributed by atoms with Crippen molar-refractivity contribution in [3.05, 3.63) is 71.9 Å². The summed E-state index contributed by atoms with van der Waals surface area (Å²) in [5.41, 5.74) is 3.10. The minimum atomic E-state index is -0.275. The van der Waals surface area contributed by atoms with Crippen molar-refractivity contribution in [2.24, 2.45) is 0 Å². The fourth-order valence-corrected chi connectivity index (χ4v) is 2.38. The highest BCUT2D eigenvalue weighted by molar-refractivity contribution is 5.93. The van der Waals surface area contributed by atoms with Crippen LogP contribution in [0.4, 0.5) is 11.5 Å². The summed E-state index contributed by atoms with van der Waals surface area (Å²) in [4.78, 5) is 24.5. The predicted octanol–water partition coefficient (Wildman–Crippen LogP) is 2.86. The standard InChI is InChI=1S/C19H19N5O2/c1-13-3-4-17(26-2)15(9-13)24-18-10-16(22-12-23-18)19(25)21-11-14-5-7-20-8-6-14/h3-10,12H,11H2,1-2H3,(H,21,25)(H,22,23,24). The van der Waals surface area contributed by atoms with E-state index in [1.807, 2.05) is 37.3 Å². The minimum Gasteiger partial charge on any atom is -0.495 e. The maximum atomic E-state index is 12.3. The zero-order valence-electron chi connectivity index (χ0n) is 14.6. The number of nitrogens with one attached hydrogen (secondary N) is 2. The zero-order valence-corrected chi connectivity index (χ0v) is 14.6. The number of anilines is 2. The van der Waals surface area contributed by atoms with E-state index in [9.17, 15) is 4.79 Å². The number of hydrogen-bond acceptors (Lipinski definition) is 6. The van der Waals surface area contributed by atoms with Crippen LogP contribution in [0.5, 0.6) is 5.75 Å². The number of aryl methyl sites for hydroxylation is 1. The van der Waals surface area contributed by atoms with Crippen molar-refractivity contribution in [2.75, 3.05) is 12.4 Å². The Balaban J connectivity index is 1.72. The molecule has 1 amide bonds. The largest absolute Gasteiger partial charge is 0.495 e. The average molecular weight is 349 g/mol. The molecule has 7 nitrogen and oxygen atoms in total. The number of nitrogens with zero attached hydrogens (tertiary/aromatic N) is 3. The molecule has 0 aliphatic carbocycles. The Kier molecular flexibility index (Phi) is 5.38. The lowest BCUT2D eigenvalue weighted by Gasteiger charge is -2.12. The summed E-state index contributed by atoms with van der Waals surface area (Å²) in [6, 6.07) is 11.1. The van der Waals surface area contributed by atoms with Crippen LogP contribution >= 0.6 is 0 Å². The van der Waals surface area contributed by atoms with Crippen LogP contribution < -0.4 is 15.4 Å². The minimum absolute atomic E-state index is 0.275. The second kappa shape index (κ2) is 8.06. The van der Waals surface area contributed by atoms with Crippen LogP contribution in [-0.4, -0.2) is 28.0 Å². The highest BCUT2D eigenvalue weighted by Crippen LogP contribution is 2.27. The molecule has 0 unspecified atom stereocenters. The van der Waals surface area contributed by atoms with Crippen LogP contribution in [0.25, 0.3) is 0 Å². The number of benzene rings is 1. The van der Waals surface area contributed by atoms with Crippen LogP contribution in [0.15, 0.2) is 55.1 Å². The Morgan fingerprint density at radius 3 is 2.69 bits per heavy atom. The highest BCUT2D eigenvalue weighted by Gasteiger charge is 2.10. The molecule has 2 heterocycles. The summed E-state index contributed by atoms with van der Waals surface area (Å²) < 4.78 is 5.35. The third-order valence-electron chi connectivity index (χ3n) is 3.72. The van der Waals surface area contributed by atoms with Crippen LogP contribution in [0, 0.1) is 6.92 Å². The Morgan fingerprint density at radius 2 is 1.92 bits per heavy atom. The van der Waals surface area contributed by atoms with E-state index in [1.165, 1.54) is 6.33 Å². The molecule has 7 heteroatoms. The maximum Gasteiger partial charge on any atom is 0.270 e. The molecular formula is C19H19N5O2. The third kappa shape index (κ3) is 4.32. The first-order chi connectivity index (χ1) is 12.7. The molecule has 3 rings (SSSR count). The summed E-state index contributed by atoms with van der Waals surface area (Å²) in [7, 11) is 1.60. The van der Waals surface area contributed by atoms with Gasteiger partial charge in [0.15, 0.2) is 0 Å². The fourth-order valence-electron chi connectivity index (χ4n) is 2.38. The second-order valence-electron chi connectivity index (χ2n) is 5.66. The SMILES string of the molecule is COc1ccc(C)cc1Nc1cc(C(=O)NCc2ccncc2)ncn1. The van der Waals surface area contributed by atoms with Gasteiger partial charge in [0, 0.05) is 25.0 Å². The molecule has 132 valence electrons. The van der Waals surface area contributed by atoms with E-state index in [0.717, 1.165) is 16.8 Å². The van der Waals surface area contributed by atoms with E-state index in [0.29, 0.717) is 18.1 Å². The molecule has 0 radical (unpaired) electrons. The van der Waals surface area contributed by atoms with Gasteiger partial charge in [-0.1, -0.05) is 6.07 Å². The van der Waals surface area contributed by atoms with Gasteiger partial charge < -0.3 is 15.4 Å². The van der Waals surface area contributed by atoms with Crippen molar-refractivity contribution in [3.8, 4) is 5.75 Å². The number of methoxy groups -OCH3 is 1. The average Bonchev–Trinajstić information content (AvgIpc) is 2.67. The molecule has 3 aromatic rings. The number of ether oxygens (including phenoxy) is 1. The van der Waals surface area contributed by atoms with Gasteiger partial charge in [-0.05, 0) is 42.3 Å². The van der Waals surface area contributed by atoms with Gasteiger partial charge in [-0.2, -0.15) is 0 Å². The summed E-state index contributed by atoms with van der Waals surface area (Å²) in [5.74, 6) is 0.930. The molecule has 26 heavy (non-hydrogen) atoms. The molecule has 0 spiro atoms. The summed E-state index contributed by atoms with van der Waals surface area (Å²) in [6.07, 6.45) is 4.72. The van der Waals surface area contributed by atoms with Gasteiger partial charge >= 0.3 is 0 Å². The van der Waals surface area contributed by atoms with Gasteiger partial charge in [0.25, 0.3) is 5.91 Å². The van der Waals surface area contributed by atoms with Crippen molar-refractivity contribution in [1.29, 1.82) is 0 Å². The van der Waals surface area contributed by atoms with Crippen LogP contribution in [0.3, 0.4) is 0 Å². The summed E-state index contributed by atoms with van der Waals surface area (Å²) >= 11 is 0. The lowest BCUT2D eigenvalue weighted by Crippen LogP contribution is -2.24. The second-order valence-corrected chi connectivity index (χ2v) is 5.66. The Bertz CT molecular complexity index is 899. The van der Waals surface area contributed by atoms with Crippen LogP contribution in [0.1, 0.15) is 21.6 Å². The molecule has 0 fully saturated rings. The number of carbonyl (C=O) groups excluding carboxylic acids is 1.